The van der Waals surface area contributed by atoms with E-state index in [1.807, 2.05) is 37.3 Å². The SMILES string of the molecule is Cc1ccc(-c2[nH]c(C)c(C#N)c(=S)c2C#N)cc1. The summed E-state index contributed by atoms with van der Waals surface area (Å²) in [5.41, 5.74) is 4.10. The Morgan fingerprint density at radius 3 is 2.11 bits per heavy atom. The van der Waals surface area contributed by atoms with Gasteiger partial charge in [0.05, 0.1) is 21.3 Å². The van der Waals surface area contributed by atoms with E-state index in [1.54, 1.807) is 6.92 Å². The molecule has 0 aliphatic carbocycles. The summed E-state index contributed by atoms with van der Waals surface area (Å²) >= 11 is 5.23. The number of aromatic nitrogens is 1. The Morgan fingerprint density at radius 1 is 1.00 bits per heavy atom. The summed E-state index contributed by atoms with van der Waals surface area (Å²) in [5, 5.41) is 18.4. The molecule has 2 rings (SSSR count). The van der Waals surface area contributed by atoms with Gasteiger partial charge in [0.1, 0.15) is 12.1 Å². The van der Waals surface area contributed by atoms with Crippen LogP contribution in [0.15, 0.2) is 24.3 Å². The zero-order valence-corrected chi connectivity index (χ0v) is 11.4. The normalized spacial score (nSPS) is 9.68. The zero-order chi connectivity index (χ0) is 14.0. The van der Waals surface area contributed by atoms with Crippen LogP contribution in [0.25, 0.3) is 11.3 Å². The maximum absolute atomic E-state index is 9.28. The predicted octanol–water partition coefficient (Wildman–Crippen LogP) is 3.77. The number of benzene rings is 1. The Bertz CT molecular complexity index is 771. The molecular formula is C15H11N3S. The van der Waals surface area contributed by atoms with Gasteiger partial charge in [-0.25, -0.2) is 0 Å². The lowest BCUT2D eigenvalue weighted by atomic mass is 10.0. The number of nitriles is 2. The highest BCUT2D eigenvalue weighted by Crippen LogP contribution is 2.25. The van der Waals surface area contributed by atoms with Gasteiger partial charge in [0.2, 0.25) is 0 Å². The molecule has 0 radical (unpaired) electrons. The van der Waals surface area contributed by atoms with Gasteiger partial charge in [0, 0.05) is 5.69 Å². The second kappa shape index (κ2) is 5.06. The van der Waals surface area contributed by atoms with E-state index in [0.29, 0.717) is 27.0 Å². The Hall–Kier alpha value is -2.43. The summed E-state index contributed by atoms with van der Waals surface area (Å²) < 4.78 is 0.317. The van der Waals surface area contributed by atoms with Crippen LogP contribution in [0, 0.1) is 41.0 Å². The second-order valence-electron chi connectivity index (χ2n) is 4.29. The fourth-order valence-corrected chi connectivity index (χ4v) is 2.25. The third kappa shape index (κ3) is 2.27. The van der Waals surface area contributed by atoms with Gasteiger partial charge < -0.3 is 4.98 Å². The molecule has 0 atom stereocenters. The number of hydrogen-bond donors (Lipinski definition) is 1. The molecule has 1 heterocycles. The molecular weight excluding hydrogens is 254 g/mol. The summed E-state index contributed by atoms with van der Waals surface area (Å²) in [6, 6.07) is 11.9. The van der Waals surface area contributed by atoms with Crippen LogP contribution in [0.5, 0.6) is 0 Å². The number of rotatable bonds is 1. The first-order valence-electron chi connectivity index (χ1n) is 5.72. The van der Waals surface area contributed by atoms with Crippen LogP contribution in [0.1, 0.15) is 22.4 Å². The lowest BCUT2D eigenvalue weighted by Gasteiger charge is -2.09. The minimum atomic E-state index is 0.317. The predicted molar refractivity (Wildman–Crippen MR) is 76.0 cm³/mol. The van der Waals surface area contributed by atoms with Crippen LogP contribution in [0.3, 0.4) is 0 Å². The van der Waals surface area contributed by atoms with Gasteiger partial charge in [-0.2, -0.15) is 10.5 Å². The van der Waals surface area contributed by atoms with E-state index in [-0.39, 0.29) is 0 Å². The van der Waals surface area contributed by atoms with E-state index in [2.05, 4.69) is 11.1 Å². The van der Waals surface area contributed by atoms with Crippen molar-refractivity contribution in [1.82, 2.24) is 4.98 Å². The largest absolute Gasteiger partial charge is 0.356 e. The van der Waals surface area contributed by atoms with Crippen LogP contribution < -0.4 is 0 Å². The molecule has 1 aromatic carbocycles. The number of H-pyrrole nitrogens is 1. The standard InChI is InChI=1S/C15H11N3S/c1-9-3-5-11(6-4-9)14-13(8-17)15(19)12(7-16)10(2)18-14/h3-6H,1-2H3,(H,18,19). The van der Waals surface area contributed by atoms with Gasteiger partial charge in [0.25, 0.3) is 0 Å². The minimum absolute atomic E-state index is 0.317. The van der Waals surface area contributed by atoms with Crippen LogP contribution in [-0.2, 0) is 0 Å². The number of aryl methyl sites for hydroxylation is 2. The molecule has 92 valence electrons. The van der Waals surface area contributed by atoms with Crippen molar-refractivity contribution in [3.63, 3.8) is 0 Å². The molecule has 0 aliphatic heterocycles. The fourth-order valence-electron chi connectivity index (χ4n) is 1.90. The van der Waals surface area contributed by atoms with Gasteiger partial charge in [-0.1, -0.05) is 42.0 Å². The van der Waals surface area contributed by atoms with E-state index >= 15 is 0 Å². The lowest BCUT2D eigenvalue weighted by molar-refractivity contribution is 1.16. The van der Waals surface area contributed by atoms with Gasteiger partial charge in [-0.3, -0.25) is 0 Å². The molecule has 0 saturated carbocycles. The van der Waals surface area contributed by atoms with Crippen LogP contribution in [0.2, 0.25) is 0 Å². The summed E-state index contributed by atoms with van der Waals surface area (Å²) in [7, 11) is 0. The molecule has 0 amide bonds. The summed E-state index contributed by atoms with van der Waals surface area (Å²) in [6.45, 7) is 3.79. The second-order valence-corrected chi connectivity index (χ2v) is 4.70. The molecule has 3 nitrogen and oxygen atoms in total. The molecule has 0 bridgehead atoms. The molecule has 0 unspecified atom stereocenters. The summed E-state index contributed by atoms with van der Waals surface area (Å²) in [6.07, 6.45) is 0. The number of nitrogens with zero attached hydrogens (tertiary/aromatic N) is 2. The highest BCUT2D eigenvalue weighted by atomic mass is 32.1. The molecule has 0 saturated heterocycles. The Labute approximate surface area is 116 Å². The third-order valence-corrected chi connectivity index (χ3v) is 3.36. The highest BCUT2D eigenvalue weighted by molar-refractivity contribution is 7.71. The van der Waals surface area contributed by atoms with Crippen LogP contribution in [-0.4, -0.2) is 4.98 Å². The number of aromatic amines is 1. The van der Waals surface area contributed by atoms with E-state index in [4.69, 9.17) is 17.5 Å². The average molecular weight is 265 g/mol. The minimum Gasteiger partial charge on any atom is -0.356 e. The van der Waals surface area contributed by atoms with Gasteiger partial charge >= 0.3 is 0 Å². The van der Waals surface area contributed by atoms with Crippen molar-refractivity contribution >= 4 is 12.2 Å². The molecule has 19 heavy (non-hydrogen) atoms. The van der Waals surface area contributed by atoms with Crippen LogP contribution >= 0.6 is 12.2 Å². The average Bonchev–Trinajstić information content (AvgIpc) is 2.39. The van der Waals surface area contributed by atoms with Gasteiger partial charge in [0.15, 0.2) is 0 Å². The quantitative estimate of drug-likeness (QED) is 0.798. The van der Waals surface area contributed by atoms with E-state index in [0.717, 1.165) is 11.1 Å². The van der Waals surface area contributed by atoms with Crippen molar-refractivity contribution in [1.29, 1.82) is 10.5 Å². The molecule has 0 fully saturated rings. The highest BCUT2D eigenvalue weighted by Gasteiger charge is 2.13. The molecule has 1 aromatic heterocycles. The monoisotopic (exact) mass is 265 g/mol. The van der Waals surface area contributed by atoms with E-state index in [9.17, 15) is 5.26 Å². The van der Waals surface area contributed by atoms with E-state index in [1.165, 1.54) is 0 Å². The molecule has 0 aliphatic rings. The first kappa shape index (κ1) is 13.0. The van der Waals surface area contributed by atoms with Crippen molar-refractivity contribution in [2.45, 2.75) is 13.8 Å². The Kier molecular flexibility index (Phi) is 3.46. The maximum Gasteiger partial charge on any atom is 0.103 e. The Balaban J connectivity index is 2.79. The first-order chi connectivity index (χ1) is 9.08. The number of pyridine rings is 1. The fraction of sp³-hybridized carbons (Fsp3) is 0.133. The van der Waals surface area contributed by atoms with Gasteiger partial charge in [-0.15, -0.1) is 0 Å². The summed E-state index contributed by atoms with van der Waals surface area (Å²) in [4.78, 5) is 3.11. The Morgan fingerprint density at radius 2 is 1.58 bits per heavy atom. The summed E-state index contributed by atoms with van der Waals surface area (Å²) in [5.74, 6) is 0. The van der Waals surface area contributed by atoms with E-state index < -0.39 is 0 Å². The van der Waals surface area contributed by atoms with Gasteiger partial charge in [-0.05, 0) is 19.4 Å². The molecule has 0 spiro atoms. The molecule has 2 aromatic rings. The molecule has 1 N–H and O–H groups in total. The van der Waals surface area contributed by atoms with Crippen molar-refractivity contribution in [3.05, 3.63) is 51.2 Å². The topological polar surface area (TPSA) is 63.4 Å². The van der Waals surface area contributed by atoms with Crippen molar-refractivity contribution in [2.75, 3.05) is 0 Å². The first-order valence-corrected chi connectivity index (χ1v) is 6.13. The lowest BCUT2D eigenvalue weighted by Crippen LogP contribution is -1.98. The number of hydrogen-bond acceptors (Lipinski definition) is 3. The zero-order valence-electron chi connectivity index (χ0n) is 10.6. The van der Waals surface area contributed by atoms with Crippen molar-refractivity contribution < 1.29 is 0 Å². The third-order valence-electron chi connectivity index (χ3n) is 2.96. The van der Waals surface area contributed by atoms with Crippen molar-refractivity contribution in [3.8, 4) is 23.4 Å². The molecule has 4 heteroatoms. The maximum atomic E-state index is 9.28. The van der Waals surface area contributed by atoms with Crippen LogP contribution in [0.4, 0.5) is 0 Å². The number of nitrogens with one attached hydrogen (secondary N) is 1. The smallest absolute Gasteiger partial charge is 0.103 e. The van der Waals surface area contributed by atoms with Crippen molar-refractivity contribution in [2.24, 2.45) is 0 Å².